The lowest BCUT2D eigenvalue weighted by Gasteiger charge is -2.26. The highest BCUT2D eigenvalue weighted by Crippen LogP contribution is 2.09. The van der Waals surface area contributed by atoms with E-state index in [1.165, 1.54) is 44.0 Å². The summed E-state index contributed by atoms with van der Waals surface area (Å²) in [5.74, 6) is 2.64. The summed E-state index contributed by atoms with van der Waals surface area (Å²) in [7, 11) is 0. The second-order valence-electron chi connectivity index (χ2n) is 3.57. The number of nitrogens with zero attached hydrogens (tertiary/aromatic N) is 1. The van der Waals surface area contributed by atoms with Crippen molar-refractivity contribution in [1.29, 1.82) is 0 Å². The first kappa shape index (κ1) is 10.4. The van der Waals surface area contributed by atoms with Crippen LogP contribution < -0.4 is 5.73 Å². The first-order valence-corrected chi connectivity index (χ1v) is 6.00. The highest BCUT2D eigenvalue weighted by molar-refractivity contribution is 7.99. The van der Waals surface area contributed by atoms with Gasteiger partial charge in [0.25, 0.3) is 0 Å². The third kappa shape index (κ3) is 4.33. The molecule has 0 spiro atoms. The largest absolute Gasteiger partial charge is 0.328 e. The molecule has 1 unspecified atom stereocenters. The molecule has 1 heterocycles. The molecule has 12 heavy (non-hydrogen) atoms. The van der Waals surface area contributed by atoms with Gasteiger partial charge in [-0.2, -0.15) is 11.8 Å². The fourth-order valence-corrected chi connectivity index (χ4v) is 2.44. The first-order chi connectivity index (χ1) is 5.79. The molecule has 0 radical (unpaired) electrons. The summed E-state index contributed by atoms with van der Waals surface area (Å²) in [5, 5.41) is 0. The van der Waals surface area contributed by atoms with Crippen molar-refractivity contribution in [1.82, 2.24) is 4.90 Å². The zero-order valence-corrected chi connectivity index (χ0v) is 8.78. The van der Waals surface area contributed by atoms with E-state index < -0.39 is 0 Å². The average molecular weight is 188 g/mol. The Kier molecular flexibility index (Phi) is 5.04. The Balaban J connectivity index is 1.98. The highest BCUT2D eigenvalue weighted by Gasteiger charge is 2.09. The van der Waals surface area contributed by atoms with E-state index in [0.29, 0.717) is 6.04 Å². The minimum absolute atomic E-state index is 0.379. The van der Waals surface area contributed by atoms with Gasteiger partial charge in [-0.3, -0.25) is 0 Å². The average Bonchev–Trinajstić information content (AvgIpc) is 2.05. The lowest BCUT2D eigenvalue weighted by Crippen LogP contribution is -2.33. The Morgan fingerprint density at radius 3 is 2.67 bits per heavy atom. The molecule has 0 saturated carbocycles. The molecule has 1 fully saturated rings. The minimum Gasteiger partial charge on any atom is -0.328 e. The smallest absolute Gasteiger partial charge is 0.00727 e. The summed E-state index contributed by atoms with van der Waals surface area (Å²) in [4.78, 5) is 2.55. The summed E-state index contributed by atoms with van der Waals surface area (Å²) in [6, 6.07) is 0.379. The summed E-state index contributed by atoms with van der Waals surface area (Å²) < 4.78 is 0. The monoisotopic (exact) mass is 188 g/mol. The second kappa shape index (κ2) is 5.84. The number of thioether (sulfide) groups is 1. The number of rotatable bonds is 4. The molecule has 72 valence electrons. The number of hydrogen-bond donors (Lipinski definition) is 1. The lowest BCUT2D eigenvalue weighted by atomic mass is 10.2. The van der Waals surface area contributed by atoms with Gasteiger partial charge in [0.05, 0.1) is 0 Å². The Morgan fingerprint density at radius 2 is 2.08 bits per heavy atom. The van der Waals surface area contributed by atoms with Crippen LogP contribution in [-0.4, -0.2) is 42.1 Å². The molecular weight excluding hydrogens is 168 g/mol. The molecule has 0 aliphatic carbocycles. The predicted molar refractivity (Wildman–Crippen MR) is 56.6 cm³/mol. The lowest BCUT2D eigenvalue weighted by molar-refractivity contribution is 0.293. The van der Waals surface area contributed by atoms with E-state index in [-0.39, 0.29) is 0 Å². The fraction of sp³-hybridized carbons (Fsp3) is 1.00. The Morgan fingerprint density at radius 1 is 1.42 bits per heavy atom. The molecule has 3 heteroatoms. The standard InChI is InChI=1S/C9H20N2S/c1-9(10)3-2-4-11-5-7-12-8-6-11/h9H,2-8,10H2,1H3. The van der Waals surface area contributed by atoms with Gasteiger partial charge in [0.2, 0.25) is 0 Å². The Bertz CT molecular complexity index is 111. The van der Waals surface area contributed by atoms with Crippen LogP contribution in [0.25, 0.3) is 0 Å². The van der Waals surface area contributed by atoms with Gasteiger partial charge in [-0.1, -0.05) is 0 Å². The molecule has 0 aromatic carbocycles. The third-order valence-corrected chi connectivity index (χ3v) is 3.18. The first-order valence-electron chi connectivity index (χ1n) is 4.84. The van der Waals surface area contributed by atoms with Crippen molar-refractivity contribution in [2.24, 2.45) is 5.73 Å². The van der Waals surface area contributed by atoms with Crippen LogP contribution in [0.5, 0.6) is 0 Å². The van der Waals surface area contributed by atoms with Crippen molar-refractivity contribution in [2.45, 2.75) is 25.8 Å². The van der Waals surface area contributed by atoms with Gasteiger partial charge in [0, 0.05) is 30.6 Å². The van der Waals surface area contributed by atoms with E-state index >= 15 is 0 Å². The molecule has 1 saturated heterocycles. The van der Waals surface area contributed by atoms with E-state index in [9.17, 15) is 0 Å². The molecule has 1 rings (SSSR count). The summed E-state index contributed by atoms with van der Waals surface area (Å²) in [5.41, 5.74) is 5.69. The van der Waals surface area contributed by atoms with Gasteiger partial charge >= 0.3 is 0 Å². The molecule has 2 nitrogen and oxygen atoms in total. The normalized spacial score (nSPS) is 22.5. The van der Waals surface area contributed by atoms with Crippen molar-refractivity contribution in [3.05, 3.63) is 0 Å². The molecule has 0 aromatic heterocycles. The van der Waals surface area contributed by atoms with Crippen molar-refractivity contribution < 1.29 is 0 Å². The zero-order valence-electron chi connectivity index (χ0n) is 7.96. The van der Waals surface area contributed by atoms with Crippen LogP contribution in [0.2, 0.25) is 0 Å². The molecule has 0 bridgehead atoms. The molecule has 2 N–H and O–H groups in total. The maximum atomic E-state index is 5.69. The fourth-order valence-electron chi connectivity index (χ4n) is 1.46. The van der Waals surface area contributed by atoms with Crippen LogP contribution in [0.4, 0.5) is 0 Å². The van der Waals surface area contributed by atoms with Crippen molar-refractivity contribution in [3.8, 4) is 0 Å². The van der Waals surface area contributed by atoms with Crippen LogP contribution >= 0.6 is 11.8 Å². The van der Waals surface area contributed by atoms with Gasteiger partial charge in [0.1, 0.15) is 0 Å². The van der Waals surface area contributed by atoms with Gasteiger partial charge < -0.3 is 10.6 Å². The molecule has 0 aromatic rings. The molecule has 0 amide bonds. The molecule has 1 atom stereocenters. The summed E-state index contributed by atoms with van der Waals surface area (Å²) in [6.07, 6.45) is 2.44. The summed E-state index contributed by atoms with van der Waals surface area (Å²) in [6.45, 7) is 5.90. The molecular formula is C9H20N2S. The predicted octanol–water partition coefficient (Wildman–Crippen LogP) is 1.16. The van der Waals surface area contributed by atoms with Crippen molar-refractivity contribution in [3.63, 3.8) is 0 Å². The zero-order chi connectivity index (χ0) is 8.81. The topological polar surface area (TPSA) is 29.3 Å². The van der Waals surface area contributed by atoms with Crippen LogP contribution in [-0.2, 0) is 0 Å². The van der Waals surface area contributed by atoms with Crippen LogP contribution in [0.15, 0.2) is 0 Å². The summed E-state index contributed by atoms with van der Waals surface area (Å²) >= 11 is 2.07. The number of nitrogens with two attached hydrogens (primary N) is 1. The van der Waals surface area contributed by atoms with E-state index in [0.717, 1.165) is 0 Å². The third-order valence-electron chi connectivity index (χ3n) is 2.24. The van der Waals surface area contributed by atoms with E-state index in [1.54, 1.807) is 0 Å². The van der Waals surface area contributed by atoms with Crippen LogP contribution in [0, 0.1) is 0 Å². The molecule has 1 aliphatic rings. The van der Waals surface area contributed by atoms with Gasteiger partial charge in [-0.15, -0.1) is 0 Å². The van der Waals surface area contributed by atoms with E-state index in [1.807, 2.05) is 0 Å². The minimum atomic E-state index is 0.379. The van der Waals surface area contributed by atoms with Crippen LogP contribution in [0.3, 0.4) is 0 Å². The van der Waals surface area contributed by atoms with E-state index in [2.05, 4.69) is 23.6 Å². The Hall–Kier alpha value is 0.270. The number of hydrogen-bond acceptors (Lipinski definition) is 3. The van der Waals surface area contributed by atoms with Gasteiger partial charge in [-0.05, 0) is 26.3 Å². The highest BCUT2D eigenvalue weighted by atomic mass is 32.2. The molecule has 1 aliphatic heterocycles. The van der Waals surface area contributed by atoms with E-state index in [4.69, 9.17) is 5.73 Å². The quantitative estimate of drug-likeness (QED) is 0.718. The maximum Gasteiger partial charge on any atom is 0.00727 e. The Labute approximate surface area is 79.9 Å². The van der Waals surface area contributed by atoms with Crippen LogP contribution in [0.1, 0.15) is 19.8 Å². The van der Waals surface area contributed by atoms with Gasteiger partial charge in [-0.25, -0.2) is 0 Å². The van der Waals surface area contributed by atoms with Crippen molar-refractivity contribution in [2.75, 3.05) is 31.1 Å². The second-order valence-corrected chi connectivity index (χ2v) is 4.80. The maximum absolute atomic E-state index is 5.69. The SMILES string of the molecule is CC(N)CCCN1CCSCC1. The van der Waals surface area contributed by atoms with Gasteiger partial charge in [0.15, 0.2) is 0 Å². The van der Waals surface area contributed by atoms with Crippen molar-refractivity contribution >= 4 is 11.8 Å².